The number of rotatable bonds is 6. The van der Waals surface area contributed by atoms with E-state index in [2.05, 4.69) is 10.3 Å². The van der Waals surface area contributed by atoms with Crippen molar-refractivity contribution in [3.05, 3.63) is 65.6 Å². The summed E-state index contributed by atoms with van der Waals surface area (Å²) in [5.74, 6) is -0.725. The second-order valence-corrected chi connectivity index (χ2v) is 5.67. The third-order valence-electron chi connectivity index (χ3n) is 3.14. The van der Waals surface area contributed by atoms with E-state index in [1.807, 2.05) is 6.07 Å². The predicted molar refractivity (Wildman–Crippen MR) is 88.9 cm³/mol. The van der Waals surface area contributed by atoms with Crippen LogP contribution in [0.4, 0.5) is 0 Å². The molecule has 0 spiro atoms. The fourth-order valence-electron chi connectivity index (χ4n) is 1.96. The number of hydrogen-bond acceptors (Lipinski definition) is 6. The molecular weight excluding hydrogens is 328 g/mol. The van der Waals surface area contributed by atoms with Crippen LogP contribution in [0.2, 0.25) is 0 Å². The van der Waals surface area contributed by atoms with Crippen LogP contribution in [-0.2, 0) is 4.74 Å². The Morgan fingerprint density at radius 1 is 1.21 bits per heavy atom. The van der Waals surface area contributed by atoms with Crippen LogP contribution in [-0.4, -0.2) is 30.0 Å². The average Bonchev–Trinajstić information content (AvgIpc) is 3.30. The third-order valence-corrected chi connectivity index (χ3v) is 4.03. The Hall–Kier alpha value is -2.93. The molecule has 6 nitrogen and oxygen atoms in total. The van der Waals surface area contributed by atoms with E-state index >= 15 is 0 Å². The predicted octanol–water partition coefficient (Wildman–Crippen LogP) is 2.99. The van der Waals surface area contributed by atoms with Gasteiger partial charge in [0.15, 0.2) is 5.69 Å². The van der Waals surface area contributed by atoms with Crippen LogP contribution in [0.5, 0.6) is 0 Å². The molecule has 0 saturated heterocycles. The number of carbonyl (C=O) groups is 2. The van der Waals surface area contributed by atoms with E-state index in [4.69, 9.17) is 9.15 Å². The van der Waals surface area contributed by atoms with E-state index in [1.165, 1.54) is 11.3 Å². The molecule has 24 heavy (non-hydrogen) atoms. The number of aromatic nitrogens is 1. The number of nitrogens with one attached hydrogen (secondary N) is 1. The lowest BCUT2D eigenvalue weighted by Crippen LogP contribution is -2.28. The van der Waals surface area contributed by atoms with Crippen molar-refractivity contribution in [3.8, 4) is 10.6 Å². The van der Waals surface area contributed by atoms with Gasteiger partial charge in [0.1, 0.15) is 17.9 Å². The second-order valence-electron chi connectivity index (χ2n) is 4.81. The highest BCUT2D eigenvalue weighted by atomic mass is 32.1. The van der Waals surface area contributed by atoms with E-state index < -0.39 is 5.97 Å². The van der Waals surface area contributed by atoms with Gasteiger partial charge in [0.05, 0.1) is 12.8 Å². The quantitative estimate of drug-likeness (QED) is 0.550. The molecule has 1 N–H and O–H groups in total. The van der Waals surface area contributed by atoms with Crippen molar-refractivity contribution in [1.82, 2.24) is 10.3 Å². The lowest BCUT2D eigenvalue weighted by atomic mass is 10.2. The number of ether oxygens (including phenoxy) is 1. The summed E-state index contributed by atoms with van der Waals surface area (Å²) in [6.45, 7) is 0.314. The molecule has 2 heterocycles. The second kappa shape index (κ2) is 7.56. The Bertz CT molecular complexity index is 812. The molecule has 0 fully saturated rings. The standard InChI is InChI=1S/C17H14N2O4S/c20-15(12-4-2-1-3-5-12)18-7-9-23-17(21)14-11-24-16(19-14)13-6-8-22-10-13/h1-6,8,10-11H,7,9H2,(H,18,20). The van der Waals surface area contributed by atoms with Crippen LogP contribution < -0.4 is 5.32 Å². The van der Waals surface area contributed by atoms with Gasteiger partial charge in [0.25, 0.3) is 5.91 Å². The SMILES string of the molecule is O=C(NCCOC(=O)c1csc(-c2ccoc2)n1)c1ccccc1. The summed E-state index contributed by atoms with van der Waals surface area (Å²) >= 11 is 1.34. The molecule has 0 bridgehead atoms. The summed E-state index contributed by atoms with van der Waals surface area (Å²) in [7, 11) is 0. The zero-order chi connectivity index (χ0) is 16.8. The topological polar surface area (TPSA) is 81.4 Å². The van der Waals surface area contributed by atoms with Crippen molar-refractivity contribution >= 4 is 23.2 Å². The molecule has 3 rings (SSSR count). The average molecular weight is 342 g/mol. The Kier molecular flexibility index (Phi) is 5.02. The third kappa shape index (κ3) is 3.88. The highest BCUT2D eigenvalue weighted by molar-refractivity contribution is 7.13. The zero-order valence-corrected chi connectivity index (χ0v) is 13.4. The highest BCUT2D eigenvalue weighted by Crippen LogP contribution is 2.24. The molecule has 122 valence electrons. The van der Waals surface area contributed by atoms with Gasteiger partial charge in [0.2, 0.25) is 0 Å². The van der Waals surface area contributed by atoms with Gasteiger partial charge in [0, 0.05) is 16.5 Å². The number of benzene rings is 1. The Balaban J connectivity index is 1.45. The van der Waals surface area contributed by atoms with Crippen LogP contribution >= 0.6 is 11.3 Å². The van der Waals surface area contributed by atoms with Crippen molar-refractivity contribution in [2.75, 3.05) is 13.2 Å². The first-order chi connectivity index (χ1) is 11.7. The maximum atomic E-state index is 11.9. The van der Waals surface area contributed by atoms with Gasteiger partial charge in [-0.25, -0.2) is 9.78 Å². The van der Waals surface area contributed by atoms with Crippen molar-refractivity contribution in [1.29, 1.82) is 0 Å². The minimum atomic E-state index is -0.519. The summed E-state index contributed by atoms with van der Waals surface area (Å²) in [4.78, 5) is 28.0. The number of nitrogens with zero attached hydrogens (tertiary/aromatic N) is 1. The highest BCUT2D eigenvalue weighted by Gasteiger charge is 2.14. The summed E-state index contributed by atoms with van der Waals surface area (Å²) < 4.78 is 10.1. The minimum absolute atomic E-state index is 0.0793. The van der Waals surface area contributed by atoms with E-state index in [1.54, 1.807) is 48.2 Å². The van der Waals surface area contributed by atoms with Gasteiger partial charge >= 0.3 is 5.97 Å². The van der Waals surface area contributed by atoms with Gasteiger partial charge in [-0.15, -0.1) is 11.3 Å². The lowest BCUT2D eigenvalue weighted by Gasteiger charge is -2.05. The number of hydrogen-bond donors (Lipinski definition) is 1. The molecule has 0 radical (unpaired) electrons. The number of carbonyl (C=O) groups excluding carboxylic acids is 2. The van der Waals surface area contributed by atoms with E-state index in [9.17, 15) is 9.59 Å². The first-order valence-electron chi connectivity index (χ1n) is 7.22. The van der Waals surface area contributed by atoms with Crippen LogP contribution in [0.3, 0.4) is 0 Å². The molecular formula is C17H14N2O4S. The molecule has 1 amide bonds. The first kappa shape index (κ1) is 15.9. The Morgan fingerprint density at radius 3 is 2.79 bits per heavy atom. The molecule has 7 heteroatoms. The molecule has 0 aliphatic carbocycles. The zero-order valence-electron chi connectivity index (χ0n) is 12.6. The minimum Gasteiger partial charge on any atom is -0.472 e. The maximum Gasteiger partial charge on any atom is 0.357 e. The van der Waals surface area contributed by atoms with Crippen molar-refractivity contribution in [2.45, 2.75) is 0 Å². The van der Waals surface area contributed by atoms with Crippen LogP contribution in [0, 0.1) is 0 Å². The van der Waals surface area contributed by atoms with Gasteiger partial charge in [-0.2, -0.15) is 0 Å². The normalized spacial score (nSPS) is 10.3. The summed E-state index contributed by atoms with van der Waals surface area (Å²) in [5.41, 5.74) is 1.62. The van der Waals surface area contributed by atoms with Gasteiger partial charge in [-0.05, 0) is 18.2 Å². The van der Waals surface area contributed by atoms with Crippen molar-refractivity contribution in [3.63, 3.8) is 0 Å². The molecule has 0 unspecified atom stereocenters. The number of thiazole rings is 1. The molecule has 3 aromatic rings. The Labute approximate surface area is 142 Å². The monoisotopic (exact) mass is 342 g/mol. The van der Waals surface area contributed by atoms with E-state index in [0.29, 0.717) is 10.6 Å². The van der Waals surface area contributed by atoms with Gasteiger partial charge in [-0.1, -0.05) is 18.2 Å². The summed E-state index contributed by atoms with van der Waals surface area (Å²) in [6.07, 6.45) is 3.11. The van der Waals surface area contributed by atoms with Crippen LogP contribution in [0.1, 0.15) is 20.8 Å². The molecule has 1 aromatic carbocycles. The number of amides is 1. The molecule has 0 atom stereocenters. The van der Waals surface area contributed by atoms with E-state index in [-0.39, 0.29) is 24.8 Å². The molecule has 2 aromatic heterocycles. The van der Waals surface area contributed by atoms with Crippen LogP contribution in [0.25, 0.3) is 10.6 Å². The number of esters is 1. The van der Waals surface area contributed by atoms with E-state index in [0.717, 1.165) is 5.56 Å². The Morgan fingerprint density at radius 2 is 2.04 bits per heavy atom. The maximum absolute atomic E-state index is 11.9. The van der Waals surface area contributed by atoms with Crippen molar-refractivity contribution in [2.24, 2.45) is 0 Å². The largest absolute Gasteiger partial charge is 0.472 e. The van der Waals surface area contributed by atoms with Gasteiger partial charge in [-0.3, -0.25) is 4.79 Å². The smallest absolute Gasteiger partial charge is 0.357 e. The fraction of sp³-hybridized carbons (Fsp3) is 0.118. The first-order valence-corrected chi connectivity index (χ1v) is 8.10. The molecule has 0 saturated carbocycles. The van der Waals surface area contributed by atoms with Crippen molar-refractivity contribution < 1.29 is 18.7 Å². The summed E-state index contributed by atoms with van der Waals surface area (Å²) in [5, 5.41) is 5.01. The molecule has 0 aliphatic rings. The summed E-state index contributed by atoms with van der Waals surface area (Å²) in [6, 6.07) is 10.6. The number of furan rings is 1. The van der Waals surface area contributed by atoms with Crippen LogP contribution in [0.15, 0.2) is 58.7 Å². The fourth-order valence-corrected chi connectivity index (χ4v) is 2.74. The van der Waals surface area contributed by atoms with Gasteiger partial charge < -0.3 is 14.5 Å². The lowest BCUT2D eigenvalue weighted by molar-refractivity contribution is 0.0497. The molecule has 0 aliphatic heterocycles.